The lowest BCUT2D eigenvalue weighted by atomic mass is 10.2. The minimum atomic E-state index is -3.52. The van der Waals surface area contributed by atoms with Crippen LogP contribution in [0.1, 0.15) is 12.0 Å². The van der Waals surface area contributed by atoms with Gasteiger partial charge in [-0.2, -0.15) is 16.1 Å². The second-order valence-corrected chi connectivity index (χ2v) is 8.07. The van der Waals surface area contributed by atoms with Crippen molar-refractivity contribution in [1.29, 1.82) is 0 Å². The SMILES string of the molecule is O=S(=O)(c1cc(CCl)ccc1Cl)N1CCCSCC1. The molecule has 2 rings (SSSR count). The first-order valence-corrected chi connectivity index (χ1v) is 9.48. The molecule has 0 radical (unpaired) electrons. The molecule has 0 atom stereocenters. The van der Waals surface area contributed by atoms with E-state index in [0.29, 0.717) is 13.1 Å². The van der Waals surface area contributed by atoms with Gasteiger partial charge in [-0.1, -0.05) is 17.7 Å². The summed E-state index contributed by atoms with van der Waals surface area (Å²) >= 11 is 13.6. The van der Waals surface area contributed by atoms with Gasteiger partial charge in [-0.05, 0) is 29.9 Å². The van der Waals surface area contributed by atoms with E-state index in [-0.39, 0.29) is 15.8 Å². The Kier molecular flexibility index (Phi) is 5.43. The van der Waals surface area contributed by atoms with E-state index < -0.39 is 10.0 Å². The Bertz CT molecular complexity index is 541. The molecular weight excluding hydrogens is 325 g/mol. The standard InChI is InChI=1S/C12H15Cl2NO2S2/c13-9-10-2-3-11(14)12(8-10)19(16,17)15-4-1-6-18-7-5-15/h2-3,8H,1,4-7,9H2. The number of alkyl halides is 1. The molecule has 0 bridgehead atoms. The summed E-state index contributed by atoms with van der Waals surface area (Å²) in [7, 11) is -3.52. The molecular formula is C12H15Cl2NO2S2. The average molecular weight is 340 g/mol. The first kappa shape index (κ1) is 15.4. The van der Waals surface area contributed by atoms with Crippen molar-refractivity contribution in [2.24, 2.45) is 0 Å². The van der Waals surface area contributed by atoms with Crippen LogP contribution in [0.5, 0.6) is 0 Å². The zero-order valence-electron chi connectivity index (χ0n) is 10.3. The van der Waals surface area contributed by atoms with Gasteiger partial charge in [-0.25, -0.2) is 8.42 Å². The lowest BCUT2D eigenvalue weighted by molar-refractivity contribution is 0.435. The molecule has 0 spiro atoms. The molecule has 0 N–H and O–H groups in total. The van der Waals surface area contributed by atoms with E-state index in [2.05, 4.69) is 0 Å². The van der Waals surface area contributed by atoms with Crippen molar-refractivity contribution in [2.75, 3.05) is 24.6 Å². The minimum absolute atomic E-state index is 0.166. The second kappa shape index (κ2) is 6.68. The van der Waals surface area contributed by atoms with Crippen molar-refractivity contribution in [2.45, 2.75) is 17.2 Å². The fourth-order valence-electron chi connectivity index (χ4n) is 1.93. The molecule has 3 nitrogen and oxygen atoms in total. The van der Waals surface area contributed by atoms with Gasteiger partial charge >= 0.3 is 0 Å². The van der Waals surface area contributed by atoms with Crippen LogP contribution < -0.4 is 0 Å². The maximum absolute atomic E-state index is 12.6. The third-order valence-electron chi connectivity index (χ3n) is 2.95. The highest BCUT2D eigenvalue weighted by Gasteiger charge is 2.27. The largest absolute Gasteiger partial charge is 0.244 e. The van der Waals surface area contributed by atoms with Crippen LogP contribution in [-0.4, -0.2) is 37.3 Å². The third kappa shape index (κ3) is 3.58. The van der Waals surface area contributed by atoms with E-state index >= 15 is 0 Å². The average Bonchev–Trinajstić information content (AvgIpc) is 2.68. The number of rotatable bonds is 3. The first-order chi connectivity index (χ1) is 9.05. The predicted molar refractivity (Wildman–Crippen MR) is 81.7 cm³/mol. The minimum Gasteiger partial charge on any atom is -0.207 e. The summed E-state index contributed by atoms with van der Waals surface area (Å²) in [6.07, 6.45) is 0.872. The molecule has 1 heterocycles. The maximum Gasteiger partial charge on any atom is 0.244 e. The van der Waals surface area contributed by atoms with E-state index in [0.717, 1.165) is 23.5 Å². The van der Waals surface area contributed by atoms with Gasteiger partial charge in [-0.15, -0.1) is 11.6 Å². The van der Waals surface area contributed by atoms with Crippen LogP contribution in [-0.2, 0) is 15.9 Å². The molecule has 0 saturated carbocycles. The number of halogens is 2. The molecule has 1 aliphatic rings. The van der Waals surface area contributed by atoms with Crippen molar-refractivity contribution >= 4 is 45.0 Å². The lowest BCUT2D eigenvalue weighted by Crippen LogP contribution is -2.33. The molecule has 1 aliphatic heterocycles. The summed E-state index contributed by atoms with van der Waals surface area (Å²) in [5, 5.41) is 0.255. The normalized spacial score (nSPS) is 18.2. The van der Waals surface area contributed by atoms with E-state index in [4.69, 9.17) is 23.2 Å². The molecule has 1 aromatic rings. The Balaban J connectivity index is 2.37. The molecule has 0 aromatic heterocycles. The molecule has 0 aliphatic carbocycles. The summed E-state index contributed by atoms with van der Waals surface area (Å²) < 4.78 is 26.8. The number of hydrogen-bond acceptors (Lipinski definition) is 3. The van der Waals surface area contributed by atoms with Crippen molar-refractivity contribution in [3.63, 3.8) is 0 Å². The van der Waals surface area contributed by atoms with Gasteiger partial charge < -0.3 is 0 Å². The monoisotopic (exact) mass is 339 g/mol. The Morgan fingerprint density at radius 2 is 2.05 bits per heavy atom. The quantitative estimate of drug-likeness (QED) is 0.793. The van der Waals surface area contributed by atoms with E-state index in [9.17, 15) is 8.42 Å². The highest BCUT2D eigenvalue weighted by atomic mass is 35.5. The Labute approximate surface area is 128 Å². The van der Waals surface area contributed by atoms with Crippen LogP contribution in [0.15, 0.2) is 23.1 Å². The summed E-state index contributed by atoms with van der Waals surface area (Å²) in [5.74, 6) is 2.10. The molecule has 1 fully saturated rings. The molecule has 7 heteroatoms. The van der Waals surface area contributed by atoms with Crippen LogP contribution in [0.3, 0.4) is 0 Å². The number of hydrogen-bond donors (Lipinski definition) is 0. The van der Waals surface area contributed by atoms with Crippen LogP contribution in [0.4, 0.5) is 0 Å². The van der Waals surface area contributed by atoms with Crippen molar-refractivity contribution in [3.8, 4) is 0 Å². The summed E-state index contributed by atoms with van der Waals surface area (Å²) in [5.41, 5.74) is 0.758. The predicted octanol–water partition coefficient (Wildman–Crippen LogP) is 3.21. The zero-order chi connectivity index (χ0) is 13.9. The Hall–Kier alpha value is 0.0600. The number of sulfonamides is 1. The fourth-order valence-corrected chi connectivity index (χ4v) is 5.10. The van der Waals surface area contributed by atoms with Gasteiger partial charge in [0, 0.05) is 24.7 Å². The van der Waals surface area contributed by atoms with Crippen LogP contribution in [0.2, 0.25) is 5.02 Å². The Morgan fingerprint density at radius 3 is 2.79 bits per heavy atom. The molecule has 19 heavy (non-hydrogen) atoms. The number of thioether (sulfide) groups is 1. The van der Waals surface area contributed by atoms with Gasteiger partial charge in [0.15, 0.2) is 0 Å². The topological polar surface area (TPSA) is 37.4 Å². The van der Waals surface area contributed by atoms with Crippen molar-refractivity contribution in [1.82, 2.24) is 4.31 Å². The molecule has 0 amide bonds. The van der Waals surface area contributed by atoms with Crippen molar-refractivity contribution in [3.05, 3.63) is 28.8 Å². The fraction of sp³-hybridized carbons (Fsp3) is 0.500. The summed E-state index contributed by atoms with van der Waals surface area (Å²) in [4.78, 5) is 0.166. The van der Waals surface area contributed by atoms with E-state index in [1.807, 2.05) is 0 Å². The smallest absolute Gasteiger partial charge is 0.207 e. The van der Waals surface area contributed by atoms with Gasteiger partial charge in [0.1, 0.15) is 4.90 Å². The van der Waals surface area contributed by atoms with E-state index in [1.54, 1.807) is 30.0 Å². The number of nitrogens with zero attached hydrogens (tertiary/aromatic N) is 1. The highest BCUT2D eigenvalue weighted by molar-refractivity contribution is 7.99. The summed E-state index contributed by atoms with van der Waals surface area (Å²) in [6.45, 7) is 1.09. The second-order valence-electron chi connectivity index (χ2n) is 4.27. The lowest BCUT2D eigenvalue weighted by Gasteiger charge is -2.20. The molecule has 1 aromatic carbocycles. The number of benzene rings is 1. The van der Waals surface area contributed by atoms with Gasteiger partial charge in [-0.3, -0.25) is 0 Å². The molecule has 0 unspecified atom stereocenters. The zero-order valence-corrected chi connectivity index (χ0v) is 13.5. The first-order valence-electron chi connectivity index (χ1n) is 5.98. The maximum atomic E-state index is 12.6. The van der Waals surface area contributed by atoms with Crippen LogP contribution in [0, 0.1) is 0 Å². The van der Waals surface area contributed by atoms with Crippen LogP contribution >= 0.6 is 35.0 Å². The van der Waals surface area contributed by atoms with Gasteiger partial charge in [0.2, 0.25) is 10.0 Å². The van der Waals surface area contributed by atoms with Gasteiger partial charge in [0.25, 0.3) is 0 Å². The van der Waals surface area contributed by atoms with Crippen LogP contribution in [0.25, 0.3) is 0 Å². The molecule has 1 saturated heterocycles. The van der Waals surface area contributed by atoms with Crippen molar-refractivity contribution < 1.29 is 8.42 Å². The summed E-state index contributed by atoms with van der Waals surface area (Å²) in [6, 6.07) is 4.91. The van der Waals surface area contributed by atoms with Gasteiger partial charge in [0.05, 0.1) is 5.02 Å². The third-order valence-corrected chi connectivity index (χ3v) is 6.69. The molecule has 106 valence electrons. The van der Waals surface area contributed by atoms with E-state index in [1.165, 1.54) is 4.31 Å². The highest BCUT2D eigenvalue weighted by Crippen LogP contribution is 2.27. The Morgan fingerprint density at radius 1 is 1.26 bits per heavy atom.